The van der Waals surface area contributed by atoms with Crippen LogP contribution in [0.25, 0.3) is 0 Å². The first-order valence-corrected chi connectivity index (χ1v) is 2.44. The van der Waals surface area contributed by atoms with Crippen LogP contribution in [0.2, 0.25) is 0 Å². The third-order valence-corrected chi connectivity index (χ3v) is 0.368. The third-order valence-electron chi connectivity index (χ3n) is 0.368. The molecule has 0 atom stereocenters. The fourth-order valence-corrected chi connectivity index (χ4v) is 0.0833. The maximum Gasteiger partial charge on any atom is 0.329 e. The minimum absolute atomic E-state index is 0. The molecule has 0 aliphatic rings. The van der Waals surface area contributed by atoms with Crippen LogP contribution in [0.3, 0.4) is 0 Å². The van der Waals surface area contributed by atoms with Gasteiger partial charge in [0.05, 0.1) is 7.11 Å². The minimum Gasteiger partial charge on any atom is -0.481 e. The minimum atomic E-state index is -0.833. The zero-order chi connectivity index (χ0) is 8.57. The van der Waals surface area contributed by atoms with Gasteiger partial charge in [-0.3, -0.25) is 4.79 Å². The standard InChI is InChI=1S/C4H6O2.C2H4O2.Mg.2H/c1-3-4(5)6-2;1-2(3)4;;;/h3H,1H2,2H3;1H3,(H,3,4);;;. The molecule has 0 aromatic heterocycles. The van der Waals surface area contributed by atoms with Gasteiger partial charge in [-0.25, -0.2) is 4.79 Å². The van der Waals surface area contributed by atoms with E-state index in [2.05, 4.69) is 11.3 Å². The average Bonchev–Trinajstić information content (AvgIpc) is 1.85. The Balaban J connectivity index is -0.000000114. The van der Waals surface area contributed by atoms with Gasteiger partial charge in [-0.2, -0.15) is 0 Å². The first-order chi connectivity index (χ1) is 4.54. The molecule has 0 aromatic carbocycles. The zero-order valence-electron chi connectivity index (χ0n) is 5.96. The second-order valence-electron chi connectivity index (χ2n) is 1.25. The predicted molar refractivity (Wildman–Crippen MR) is 44.1 cm³/mol. The van der Waals surface area contributed by atoms with Crippen LogP contribution in [0, 0.1) is 0 Å². The number of methoxy groups -OCH3 is 1. The van der Waals surface area contributed by atoms with Crippen LogP contribution in [-0.4, -0.2) is 47.2 Å². The maximum atomic E-state index is 9.84. The van der Waals surface area contributed by atoms with Gasteiger partial charge in [0.25, 0.3) is 5.97 Å². The number of hydrogen-bond donors (Lipinski definition) is 1. The lowest BCUT2D eigenvalue weighted by atomic mass is 10.7. The lowest BCUT2D eigenvalue weighted by Crippen LogP contribution is -1.91. The maximum absolute atomic E-state index is 9.84. The molecule has 0 amide bonds. The number of carboxylic acid groups (broad SMARTS) is 1. The Morgan fingerprint density at radius 2 is 1.82 bits per heavy atom. The Labute approximate surface area is 81.4 Å². The number of ether oxygens (including phenoxy) is 1. The first kappa shape index (κ1) is 16.8. The van der Waals surface area contributed by atoms with Gasteiger partial charge in [-0.15, -0.1) is 0 Å². The molecule has 0 saturated heterocycles. The van der Waals surface area contributed by atoms with Crippen molar-refractivity contribution >= 4 is 35.0 Å². The second-order valence-corrected chi connectivity index (χ2v) is 1.25. The number of carbonyl (C=O) groups excluding carboxylic acids is 1. The lowest BCUT2D eigenvalue weighted by Gasteiger charge is -1.83. The quantitative estimate of drug-likeness (QED) is 0.330. The van der Waals surface area contributed by atoms with E-state index in [4.69, 9.17) is 9.90 Å². The fraction of sp³-hybridized carbons (Fsp3) is 0.333. The van der Waals surface area contributed by atoms with E-state index in [1.54, 1.807) is 0 Å². The second kappa shape index (κ2) is 12.2. The lowest BCUT2D eigenvalue weighted by molar-refractivity contribution is -0.135. The smallest absolute Gasteiger partial charge is 0.329 e. The monoisotopic (exact) mass is 172 g/mol. The van der Waals surface area contributed by atoms with Gasteiger partial charge in [0.2, 0.25) is 0 Å². The molecule has 11 heavy (non-hydrogen) atoms. The fourth-order valence-electron chi connectivity index (χ4n) is 0.0833. The van der Waals surface area contributed by atoms with E-state index in [1.807, 2.05) is 0 Å². The molecule has 0 aliphatic carbocycles. The van der Waals surface area contributed by atoms with Gasteiger partial charge < -0.3 is 9.84 Å². The molecule has 62 valence electrons. The van der Waals surface area contributed by atoms with Gasteiger partial charge in [0, 0.05) is 13.0 Å². The molecule has 0 unspecified atom stereocenters. The number of carboxylic acids is 1. The summed E-state index contributed by atoms with van der Waals surface area (Å²) in [5.41, 5.74) is 0. The van der Waals surface area contributed by atoms with Crippen LogP contribution < -0.4 is 0 Å². The Morgan fingerprint density at radius 1 is 1.55 bits per heavy atom. The van der Waals surface area contributed by atoms with Crippen molar-refractivity contribution in [3.05, 3.63) is 12.7 Å². The van der Waals surface area contributed by atoms with Gasteiger partial charge >= 0.3 is 29.0 Å². The molecule has 0 heterocycles. The van der Waals surface area contributed by atoms with Crippen LogP contribution in [0.15, 0.2) is 12.7 Å². The Kier molecular flexibility index (Phi) is 18.6. The molecular formula is C6H12MgO4. The van der Waals surface area contributed by atoms with Crippen molar-refractivity contribution < 1.29 is 19.4 Å². The van der Waals surface area contributed by atoms with Gasteiger partial charge in [0.15, 0.2) is 0 Å². The van der Waals surface area contributed by atoms with Crippen LogP contribution in [0.1, 0.15) is 6.92 Å². The van der Waals surface area contributed by atoms with E-state index in [0.29, 0.717) is 0 Å². The van der Waals surface area contributed by atoms with Crippen LogP contribution in [-0.2, 0) is 14.3 Å². The summed E-state index contributed by atoms with van der Waals surface area (Å²) in [5, 5.41) is 7.42. The normalized spacial score (nSPS) is 6.00. The van der Waals surface area contributed by atoms with Crippen LogP contribution >= 0.6 is 0 Å². The summed E-state index contributed by atoms with van der Waals surface area (Å²) in [6.07, 6.45) is 1.11. The highest BCUT2D eigenvalue weighted by Gasteiger charge is 1.81. The van der Waals surface area contributed by atoms with Crippen LogP contribution in [0.5, 0.6) is 0 Å². The first-order valence-electron chi connectivity index (χ1n) is 2.44. The molecule has 0 fully saturated rings. The van der Waals surface area contributed by atoms with E-state index in [-0.39, 0.29) is 23.1 Å². The Bertz CT molecular complexity index is 129. The van der Waals surface area contributed by atoms with E-state index < -0.39 is 11.9 Å². The third kappa shape index (κ3) is 44.1. The van der Waals surface area contributed by atoms with E-state index in [1.165, 1.54) is 7.11 Å². The van der Waals surface area contributed by atoms with Crippen molar-refractivity contribution in [1.82, 2.24) is 0 Å². The number of carbonyl (C=O) groups is 2. The van der Waals surface area contributed by atoms with Gasteiger partial charge in [-0.1, -0.05) is 6.58 Å². The highest BCUT2D eigenvalue weighted by molar-refractivity contribution is 5.80. The summed E-state index contributed by atoms with van der Waals surface area (Å²) in [7, 11) is 1.31. The zero-order valence-corrected chi connectivity index (χ0v) is 5.96. The SMILES string of the molecule is C=CC(=O)OC.CC(=O)O.[MgH2]. The van der Waals surface area contributed by atoms with Crippen molar-refractivity contribution in [3.8, 4) is 0 Å². The molecule has 0 aliphatic heterocycles. The van der Waals surface area contributed by atoms with Crippen molar-refractivity contribution in [1.29, 1.82) is 0 Å². The molecule has 0 aromatic rings. The summed E-state index contributed by atoms with van der Waals surface area (Å²) < 4.78 is 4.14. The predicted octanol–water partition coefficient (Wildman–Crippen LogP) is -0.480. The van der Waals surface area contributed by atoms with E-state index in [9.17, 15) is 4.79 Å². The summed E-state index contributed by atoms with van der Waals surface area (Å²) in [4.78, 5) is 18.8. The number of rotatable bonds is 1. The van der Waals surface area contributed by atoms with Gasteiger partial charge in [-0.05, 0) is 0 Å². The molecular weight excluding hydrogens is 160 g/mol. The molecule has 0 spiro atoms. The Hall–Kier alpha value is -0.554. The van der Waals surface area contributed by atoms with Crippen molar-refractivity contribution in [2.45, 2.75) is 6.92 Å². The Morgan fingerprint density at radius 3 is 1.82 bits per heavy atom. The highest BCUT2D eigenvalue weighted by atomic mass is 24.3. The summed E-state index contributed by atoms with van der Waals surface area (Å²) in [6.45, 7) is 4.24. The van der Waals surface area contributed by atoms with Gasteiger partial charge in [0.1, 0.15) is 0 Å². The topological polar surface area (TPSA) is 63.6 Å². The summed E-state index contributed by atoms with van der Waals surface area (Å²) >= 11 is 0. The summed E-state index contributed by atoms with van der Waals surface area (Å²) in [5.74, 6) is -1.23. The molecule has 1 N–H and O–H groups in total. The number of esters is 1. The van der Waals surface area contributed by atoms with Crippen molar-refractivity contribution in [3.63, 3.8) is 0 Å². The van der Waals surface area contributed by atoms with Crippen LogP contribution in [0.4, 0.5) is 0 Å². The highest BCUT2D eigenvalue weighted by Crippen LogP contribution is 1.67. The molecule has 5 heteroatoms. The molecule has 4 nitrogen and oxygen atoms in total. The summed E-state index contributed by atoms with van der Waals surface area (Å²) in [6, 6.07) is 0. The van der Waals surface area contributed by atoms with E-state index in [0.717, 1.165) is 13.0 Å². The van der Waals surface area contributed by atoms with Crippen molar-refractivity contribution in [2.75, 3.05) is 7.11 Å². The number of hydrogen-bond acceptors (Lipinski definition) is 3. The average molecular weight is 172 g/mol. The largest absolute Gasteiger partial charge is 0.481 e. The molecule has 0 bridgehead atoms. The molecule has 0 radical (unpaired) electrons. The van der Waals surface area contributed by atoms with E-state index >= 15 is 0 Å². The molecule has 0 rings (SSSR count). The number of aliphatic carboxylic acids is 1. The molecule has 0 saturated carbocycles. The van der Waals surface area contributed by atoms with Crippen molar-refractivity contribution in [2.24, 2.45) is 0 Å².